The van der Waals surface area contributed by atoms with Crippen molar-refractivity contribution in [1.82, 2.24) is 10.2 Å². The molecular weight excluding hydrogens is 254 g/mol. The van der Waals surface area contributed by atoms with Crippen LogP contribution in [0, 0.1) is 5.92 Å². The number of nitrogens with zero attached hydrogens (tertiary/aromatic N) is 1. The van der Waals surface area contributed by atoms with Gasteiger partial charge in [0, 0.05) is 25.7 Å². The van der Waals surface area contributed by atoms with Gasteiger partial charge in [-0.3, -0.25) is 4.90 Å². The van der Waals surface area contributed by atoms with Crippen LogP contribution in [0.25, 0.3) is 0 Å². The number of amides is 1. The molecule has 1 aliphatic carbocycles. The summed E-state index contributed by atoms with van der Waals surface area (Å²) in [6, 6.07) is 0.197. The monoisotopic (exact) mass is 285 g/mol. The molecule has 0 radical (unpaired) electrons. The molecule has 1 unspecified atom stereocenters. The zero-order valence-corrected chi connectivity index (χ0v) is 13.4. The van der Waals surface area contributed by atoms with E-state index >= 15 is 0 Å². The van der Waals surface area contributed by atoms with Gasteiger partial charge >= 0.3 is 6.09 Å². The number of hydrogen-bond donors (Lipinski definition) is 2. The number of carbonyl (C=O) groups excluding carboxylic acids is 1. The summed E-state index contributed by atoms with van der Waals surface area (Å²) in [6.07, 6.45) is 3.41. The Morgan fingerprint density at radius 1 is 1.45 bits per heavy atom. The molecule has 0 heterocycles. The molecule has 0 aromatic heterocycles. The van der Waals surface area contributed by atoms with E-state index in [2.05, 4.69) is 17.1 Å². The quantitative estimate of drug-likeness (QED) is 0.715. The molecular formula is C15H31N3O2. The fourth-order valence-corrected chi connectivity index (χ4v) is 2.22. The summed E-state index contributed by atoms with van der Waals surface area (Å²) >= 11 is 0. The van der Waals surface area contributed by atoms with Crippen molar-refractivity contribution in [2.24, 2.45) is 11.7 Å². The highest BCUT2D eigenvalue weighted by atomic mass is 16.6. The predicted octanol–water partition coefficient (Wildman–Crippen LogP) is 1.96. The first-order valence-corrected chi connectivity index (χ1v) is 7.76. The van der Waals surface area contributed by atoms with Gasteiger partial charge in [-0.05, 0) is 52.5 Å². The van der Waals surface area contributed by atoms with Crippen molar-refractivity contribution < 1.29 is 9.53 Å². The summed E-state index contributed by atoms with van der Waals surface area (Å²) in [4.78, 5) is 14.1. The second-order valence-corrected chi connectivity index (χ2v) is 6.71. The second kappa shape index (κ2) is 7.84. The van der Waals surface area contributed by atoms with E-state index in [4.69, 9.17) is 10.5 Å². The fourth-order valence-electron chi connectivity index (χ4n) is 2.22. The highest BCUT2D eigenvalue weighted by Gasteiger charge is 2.27. The summed E-state index contributed by atoms with van der Waals surface area (Å²) in [5, 5.41) is 2.84. The van der Waals surface area contributed by atoms with Gasteiger partial charge in [0.05, 0.1) is 0 Å². The minimum absolute atomic E-state index is 0.197. The minimum Gasteiger partial charge on any atom is -0.444 e. The SMILES string of the molecule is CCCN(CC1CC1)C(CN)CNC(=O)OC(C)(C)C. The molecule has 5 nitrogen and oxygen atoms in total. The Balaban J connectivity index is 2.40. The molecule has 1 aliphatic rings. The summed E-state index contributed by atoms with van der Waals surface area (Å²) in [6.45, 7) is 11.0. The topological polar surface area (TPSA) is 67.6 Å². The van der Waals surface area contributed by atoms with Crippen LogP contribution in [0.15, 0.2) is 0 Å². The largest absolute Gasteiger partial charge is 0.444 e. The van der Waals surface area contributed by atoms with Crippen molar-refractivity contribution in [3.63, 3.8) is 0 Å². The Kier molecular flexibility index (Phi) is 6.76. The van der Waals surface area contributed by atoms with Crippen molar-refractivity contribution >= 4 is 6.09 Å². The number of carbonyl (C=O) groups is 1. The van der Waals surface area contributed by atoms with Crippen molar-refractivity contribution in [2.45, 2.75) is 58.6 Å². The molecule has 20 heavy (non-hydrogen) atoms. The van der Waals surface area contributed by atoms with E-state index in [0.717, 1.165) is 25.4 Å². The normalized spacial score (nSPS) is 17.1. The number of nitrogens with one attached hydrogen (secondary N) is 1. The molecule has 5 heteroatoms. The first-order valence-electron chi connectivity index (χ1n) is 7.76. The first kappa shape index (κ1) is 17.2. The van der Waals surface area contributed by atoms with Crippen LogP contribution in [0.5, 0.6) is 0 Å². The highest BCUT2D eigenvalue weighted by Crippen LogP contribution is 2.30. The van der Waals surface area contributed by atoms with Crippen molar-refractivity contribution in [1.29, 1.82) is 0 Å². The Morgan fingerprint density at radius 3 is 2.55 bits per heavy atom. The third kappa shape index (κ3) is 7.10. The average molecular weight is 285 g/mol. The lowest BCUT2D eigenvalue weighted by Crippen LogP contribution is -2.49. The van der Waals surface area contributed by atoms with Gasteiger partial charge in [0.25, 0.3) is 0 Å². The second-order valence-electron chi connectivity index (χ2n) is 6.71. The molecule has 1 fully saturated rings. The Bertz CT molecular complexity index is 298. The molecule has 0 bridgehead atoms. The van der Waals surface area contributed by atoms with Gasteiger partial charge in [-0.25, -0.2) is 4.79 Å². The smallest absolute Gasteiger partial charge is 0.407 e. The van der Waals surface area contributed by atoms with Crippen LogP contribution in [0.2, 0.25) is 0 Å². The zero-order valence-electron chi connectivity index (χ0n) is 13.4. The minimum atomic E-state index is -0.459. The van der Waals surface area contributed by atoms with Crippen LogP contribution in [-0.2, 0) is 4.74 Å². The molecule has 118 valence electrons. The van der Waals surface area contributed by atoms with Crippen molar-refractivity contribution in [3.8, 4) is 0 Å². The summed E-state index contributed by atoms with van der Waals surface area (Å²) < 4.78 is 5.26. The van der Waals surface area contributed by atoms with E-state index in [1.807, 2.05) is 20.8 Å². The van der Waals surface area contributed by atoms with Gasteiger partial charge < -0.3 is 15.8 Å². The van der Waals surface area contributed by atoms with Gasteiger partial charge in [-0.15, -0.1) is 0 Å². The lowest BCUT2D eigenvalue weighted by Gasteiger charge is -2.31. The zero-order chi connectivity index (χ0) is 15.2. The van der Waals surface area contributed by atoms with Crippen LogP contribution in [0.4, 0.5) is 4.79 Å². The third-order valence-corrected chi connectivity index (χ3v) is 3.37. The van der Waals surface area contributed by atoms with Crippen molar-refractivity contribution in [2.75, 3.05) is 26.2 Å². The van der Waals surface area contributed by atoms with E-state index in [9.17, 15) is 4.79 Å². The molecule has 3 N–H and O–H groups in total. The van der Waals surface area contributed by atoms with Crippen LogP contribution in [0.1, 0.15) is 47.0 Å². The fraction of sp³-hybridized carbons (Fsp3) is 0.933. The molecule has 0 aromatic carbocycles. The Morgan fingerprint density at radius 2 is 2.10 bits per heavy atom. The van der Waals surface area contributed by atoms with Gasteiger partial charge in [0.1, 0.15) is 5.60 Å². The van der Waals surface area contributed by atoms with Gasteiger partial charge in [0.15, 0.2) is 0 Å². The third-order valence-electron chi connectivity index (χ3n) is 3.37. The van der Waals surface area contributed by atoms with E-state index in [1.54, 1.807) is 0 Å². The Hall–Kier alpha value is -0.810. The number of hydrogen-bond acceptors (Lipinski definition) is 4. The van der Waals surface area contributed by atoms with Crippen LogP contribution in [-0.4, -0.2) is 48.8 Å². The predicted molar refractivity (Wildman–Crippen MR) is 81.7 cm³/mol. The molecule has 1 rings (SSSR count). The lowest BCUT2D eigenvalue weighted by molar-refractivity contribution is 0.0507. The average Bonchev–Trinajstić information content (AvgIpc) is 3.11. The molecule has 1 atom stereocenters. The number of ether oxygens (including phenoxy) is 1. The Labute approximate surface area is 123 Å². The maximum Gasteiger partial charge on any atom is 0.407 e. The lowest BCUT2D eigenvalue weighted by atomic mass is 10.2. The van der Waals surface area contributed by atoms with Crippen LogP contribution in [0.3, 0.4) is 0 Å². The number of alkyl carbamates (subject to hydrolysis) is 1. The van der Waals surface area contributed by atoms with E-state index < -0.39 is 5.60 Å². The number of nitrogens with two attached hydrogens (primary N) is 1. The molecule has 1 saturated carbocycles. The maximum absolute atomic E-state index is 11.7. The van der Waals surface area contributed by atoms with Gasteiger partial charge in [-0.2, -0.15) is 0 Å². The highest BCUT2D eigenvalue weighted by molar-refractivity contribution is 5.67. The first-order chi connectivity index (χ1) is 9.35. The standard InChI is InChI=1S/C15H31N3O2/c1-5-8-18(11-12-6-7-12)13(9-16)10-17-14(19)20-15(2,3)4/h12-13H,5-11,16H2,1-4H3,(H,17,19). The molecule has 0 aliphatic heterocycles. The molecule has 0 saturated heterocycles. The van der Waals surface area contributed by atoms with Gasteiger partial charge in [-0.1, -0.05) is 6.92 Å². The molecule has 0 aromatic rings. The van der Waals surface area contributed by atoms with Crippen LogP contribution >= 0.6 is 0 Å². The van der Waals surface area contributed by atoms with E-state index in [-0.39, 0.29) is 12.1 Å². The maximum atomic E-state index is 11.7. The van der Waals surface area contributed by atoms with Crippen molar-refractivity contribution in [3.05, 3.63) is 0 Å². The van der Waals surface area contributed by atoms with E-state index in [1.165, 1.54) is 12.8 Å². The van der Waals surface area contributed by atoms with E-state index in [0.29, 0.717) is 13.1 Å². The summed E-state index contributed by atoms with van der Waals surface area (Å²) in [5.41, 5.74) is 5.42. The molecule has 1 amide bonds. The van der Waals surface area contributed by atoms with Gasteiger partial charge in [0.2, 0.25) is 0 Å². The van der Waals surface area contributed by atoms with Crippen LogP contribution < -0.4 is 11.1 Å². The number of rotatable bonds is 8. The summed E-state index contributed by atoms with van der Waals surface area (Å²) in [7, 11) is 0. The summed E-state index contributed by atoms with van der Waals surface area (Å²) in [5.74, 6) is 0.831. The molecule has 0 spiro atoms.